The third-order valence-corrected chi connectivity index (χ3v) is 2.78. The lowest BCUT2D eigenvalue weighted by molar-refractivity contribution is -0.123. The number of nitrogens with zero attached hydrogens (tertiary/aromatic N) is 1. The number of para-hydroxylation sites is 2. The van der Waals surface area contributed by atoms with E-state index >= 15 is 0 Å². The molecule has 3 N–H and O–H groups in total. The molecule has 0 saturated carbocycles. The van der Waals surface area contributed by atoms with Crippen LogP contribution in [0.25, 0.3) is 0 Å². The van der Waals surface area contributed by atoms with Crippen LogP contribution in [0, 0.1) is 0 Å². The molecule has 0 aliphatic carbocycles. The summed E-state index contributed by atoms with van der Waals surface area (Å²) in [5, 5.41) is 2.97. The summed E-state index contributed by atoms with van der Waals surface area (Å²) in [6.07, 6.45) is 0. The Balaban J connectivity index is 2.82. The van der Waals surface area contributed by atoms with Gasteiger partial charge in [-0.25, -0.2) is 0 Å². The third-order valence-electron chi connectivity index (χ3n) is 2.78. The topological polar surface area (TPSA) is 58.4 Å². The van der Waals surface area contributed by atoms with Gasteiger partial charge in [0.25, 0.3) is 0 Å². The van der Waals surface area contributed by atoms with Crippen molar-refractivity contribution in [2.24, 2.45) is 0 Å². The van der Waals surface area contributed by atoms with Gasteiger partial charge in [-0.15, -0.1) is 0 Å². The van der Waals surface area contributed by atoms with E-state index in [0.717, 1.165) is 5.69 Å². The number of rotatable bonds is 3. The van der Waals surface area contributed by atoms with Crippen molar-refractivity contribution in [3.63, 3.8) is 0 Å². The van der Waals surface area contributed by atoms with Crippen LogP contribution in [0.3, 0.4) is 0 Å². The lowest BCUT2D eigenvalue weighted by Gasteiger charge is -2.30. The van der Waals surface area contributed by atoms with Crippen LogP contribution in [0.5, 0.6) is 0 Å². The van der Waals surface area contributed by atoms with Gasteiger partial charge < -0.3 is 16.0 Å². The second-order valence-electron chi connectivity index (χ2n) is 5.58. The Hall–Kier alpha value is -1.71. The molecule has 1 unspecified atom stereocenters. The molecule has 0 bridgehead atoms. The summed E-state index contributed by atoms with van der Waals surface area (Å²) < 4.78 is 0. The standard InChI is InChI=1S/C14H23N3O/c1-10(13(18)16-14(2,3)4)17(5)12-9-7-6-8-11(12)15/h6-10H,15H2,1-5H3,(H,16,18). The lowest BCUT2D eigenvalue weighted by atomic mass is 10.1. The fourth-order valence-electron chi connectivity index (χ4n) is 1.67. The predicted molar refractivity (Wildman–Crippen MR) is 76.6 cm³/mol. The largest absolute Gasteiger partial charge is 0.397 e. The molecule has 0 radical (unpaired) electrons. The van der Waals surface area contributed by atoms with Gasteiger partial charge in [0, 0.05) is 12.6 Å². The summed E-state index contributed by atoms with van der Waals surface area (Å²) in [6, 6.07) is 7.27. The Morgan fingerprint density at radius 3 is 2.39 bits per heavy atom. The number of likely N-dealkylation sites (N-methyl/N-ethyl adjacent to an activating group) is 1. The second-order valence-corrected chi connectivity index (χ2v) is 5.58. The van der Waals surface area contributed by atoms with E-state index in [-0.39, 0.29) is 17.5 Å². The summed E-state index contributed by atoms with van der Waals surface area (Å²) in [6.45, 7) is 7.77. The van der Waals surface area contributed by atoms with Crippen molar-refractivity contribution in [1.29, 1.82) is 0 Å². The first-order valence-corrected chi connectivity index (χ1v) is 6.12. The van der Waals surface area contributed by atoms with Crippen LogP contribution in [0.1, 0.15) is 27.7 Å². The van der Waals surface area contributed by atoms with Crippen LogP contribution in [0.15, 0.2) is 24.3 Å². The van der Waals surface area contributed by atoms with Crippen molar-refractivity contribution < 1.29 is 4.79 Å². The highest BCUT2D eigenvalue weighted by Gasteiger charge is 2.23. The highest BCUT2D eigenvalue weighted by atomic mass is 16.2. The lowest BCUT2D eigenvalue weighted by Crippen LogP contribution is -2.50. The average molecular weight is 249 g/mol. The van der Waals surface area contributed by atoms with Gasteiger partial charge in [-0.1, -0.05) is 12.1 Å². The zero-order valence-corrected chi connectivity index (χ0v) is 11.8. The molecular weight excluding hydrogens is 226 g/mol. The molecule has 1 aromatic rings. The predicted octanol–water partition coefficient (Wildman–Crippen LogP) is 2.01. The van der Waals surface area contributed by atoms with Crippen LogP contribution in [0.4, 0.5) is 11.4 Å². The second kappa shape index (κ2) is 5.29. The number of hydrogen-bond acceptors (Lipinski definition) is 3. The molecule has 0 aromatic heterocycles. The van der Waals surface area contributed by atoms with Crippen molar-refractivity contribution in [2.45, 2.75) is 39.3 Å². The molecule has 1 amide bonds. The molecule has 0 aliphatic rings. The Labute approximate surface area is 109 Å². The zero-order chi connectivity index (χ0) is 13.9. The van der Waals surface area contributed by atoms with E-state index in [2.05, 4.69) is 5.32 Å². The van der Waals surface area contributed by atoms with E-state index in [9.17, 15) is 4.79 Å². The van der Waals surface area contributed by atoms with Gasteiger partial charge in [0.15, 0.2) is 0 Å². The Kier molecular flexibility index (Phi) is 4.22. The normalized spacial score (nSPS) is 12.9. The Morgan fingerprint density at radius 2 is 1.89 bits per heavy atom. The van der Waals surface area contributed by atoms with Crippen LogP contribution in [-0.4, -0.2) is 24.5 Å². The fourth-order valence-corrected chi connectivity index (χ4v) is 1.67. The van der Waals surface area contributed by atoms with Crippen LogP contribution in [0.2, 0.25) is 0 Å². The Morgan fingerprint density at radius 1 is 1.33 bits per heavy atom. The minimum atomic E-state index is -0.270. The molecule has 1 aromatic carbocycles. The van der Waals surface area contributed by atoms with Crippen molar-refractivity contribution >= 4 is 17.3 Å². The summed E-state index contributed by atoms with van der Waals surface area (Å²) in [5.74, 6) is -0.00625. The van der Waals surface area contributed by atoms with Crippen LogP contribution >= 0.6 is 0 Å². The maximum absolute atomic E-state index is 12.1. The number of nitrogens with one attached hydrogen (secondary N) is 1. The highest BCUT2D eigenvalue weighted by molar-refractivity contribution is 5.86. The van der Waals surface area contributed by atoms with E-state index in [1.165, 1.54) is 0 Å². The number of carbonyl (C=O) groups excluding carboxylic acids is 1. The molecule has 18 heavy (non-hydrogen) atoms. The van der Waals surface area contributed by atoms with Crippen molar-refractivity contribution in [1.82, 2.24) is 5.32 Å². The number of carbonyl (C=O) groups is 1. The van der Waals surface area contributed by atoms with Gasteiger partial charge in [0.05, 0.1) is 11.4 Å². The SMILES string of the molecule is CC(C(=O)NC(C)(C)C)N(C)c1ccccc1N. The minimum absolute atomic E-state index is 0.00625. The van der Waals surface area contributed by atoms with E-state index in [1.54, 1.807) is 0 Å². The summed E-state index contributed by atoms with van der Waals surface area (Å²) >= 11 is 0. The molecule has 0 aliphatic heterocycles. The molecular formula is C14H23N3O. The molecule has 4 heteroatoms. The zero-order valence-electron chi connectivity index (χ0n) is 11.8. The number of anilines is 2. The number of benzene rings is 1. The number of amides is 1. The van der Waals surface area contributed by atoms with Gasteiger partial charge in [-0.3, -0.25) is 4.79 Å². The monoisotopic (exact) mass is 249 g/mol. The molecule has 100 valence electrons. The molecule has 1 rings (SSSR count). The first kappa shape index (κ1) is 14.4. The highest BCUT2D eigenvalue weighted by Crippen LogP contribution is 2.23. The summed E-state index contributed by atoms with van der Waals surface area (Å²) in [4.78, 5) is 14.0. The van der Waals surface area contributed by atoms with E-state index in [1.807, 2.05) is 63.9 Å². The molecule has 1 atom stereocenters. The molecule has 0 spiro atoms. The van der Waals surface area contributed by atoms with Crippen molar-refractivity contribution in [2.75, 3.05) is 17.7 Å². The average Bonchev–Trinajstić information content (AvgIpc) is 2.25. The van der Waals surface area contributed by atoms with Gasteiger partial charge in [-0.2, -0.15) is 0 Å². The summed E-state index contributed by atoms with van der Waals surface area (Å²) in [7, 11) is 1.87. The maximum Gasteiger partial charge on any atom is 0.242 e. The molecule has 0 saturated heterocycles. The smallest absolute Gasteiger partial charge is 0.242 e. The van der Waals surface area contributed by atoms with Gasteiger partial charge in [-0.05, 0) is 39.8 Å². The molecule has 4 nitrogen and oxygen atoms in total. The van der Waals surface area contributed by atoms with E-state index in [0.29, 0.717) is 5.69 Å². The van der Waals surface area contributed by atoms with Gasteiger partial charge in [0.2, 0.25) is 5.91 Å². The molecule has 0 heterocycles. The van der Waals surface area contributed by atoms with Crippen molar-refractivity contribution in [3.8, 4) is 0 Å². The van der Waals surface area contributed by atoms with Crippen LogP contribution in [-0.2, 0) is 4.79 Å². The third kappa shape index (κ3) is 3.65. The number of hydrogen-bond donors (Lipinski definition) is 2. The fraction of sp³-hybridized carbons (Fsp3) is 0.500. The summed E-state index contributed by atoms with van der Waals surface area (Å²) in [5.41, 5.74) is 7.23. The first-order valence-electron chi connectivity index (χ1n) is 6.12. The quantitative estimate of drug-likeness (QED) is 0.806. The van der Waals surface area contributed by atoms with Crippen molar-refractivity contribution in [3.05, 3.63) is 24.3 Å². The number of nitrogens with two attached hydrogens (primary N) is 1. The first-order chi connectivity index (χ1) is 8.22. The van der Waals surface area contributed by atoms with Gasteiger partial charge in [0.1, 0.15) is 6.04 Å². The van der Waals surface area contributed by atoms with E-state index in [4.69, 9.17) is 5.73 Å². The van der Waals surface area contributed by atoms with Gasteiger partial charge >= 0.3 is 0 Å². The molecule has 0 fully saturated rings. The Bertz CT molecular complexity index is 423. The van der Waals surface area contributed by atoms with E-state index < -0.39 is 0 Å². The maximum atomic E-state index is 12.1. The minimum Gasteiger partial charge on any atom is -0.397 e. The number of nitrogen functional groups attached to an aromatic ring is 1. The van der Waals surface area contributed by atoms with Crippen LogP contribution < -0.4 is 16.0 Å².